The van der Waals surface area contributed by atoms with E-state index >= 15 is 0 Å². The van der Waals surface area contributed by atoms with Gasteiger partial charge < -0.3 is 0 Å². The van der Waals surface area contributed by atoms with Crippen LogP contribution in [0.1, 0.15) is 0 Å². The summed E-state index contributed by atoms with van der Waals surface area (Å²) in [5.74, 6) is -0.108. The van der Waals surface area contributed by atoms with Crippen LogP contribution in [0.25, 0.3) is 0 Å². The van der Waals surface area contributed by atoms with Gasteiger partial charge in [0.15, 0.2) is 0 Å². The summed E-state index contributed by atoms with van der Waals surface area (Å²) >= 11 is 8.00. The van der Waals surface area contributed by atoms with Gasteiger partial charge in [-0.2, -0.15) is 12.6 Å². The van der Waals surface area contributed by atoms with Crippen LogP contribution in [0, 0.1) is 28.6 Å². The number of thiol groups is 1. The second-order valence-electron chi connectivity index (χ2n) is 0.904. The van der Waals surface area contributed by atoms with Crippen molar-refractivity contribution in [3.8, 4) is 12.1 Å². The van der Waals surface area contributed by atoms with Crippen molar-refractivity contribution in [3.63, 3.8) is 0 Å². The summed E-state index contributed by atoms with van der Waals surface area (Å²) in [5, 5.41) is 16.1. The minimum Gasteiger partial charge on any atom is -0.233 e. The molecule has 0 rings (SSSR count). The van der Waals surface area contributed by atoms with Crippen LogP contribution in [0.5, 0.6) is 0 Å². The van der Waals surface area contributed by atoms with Crippen LogP contribution in [0.2, 0.25) is 0 Å². The third-order valence-corrected chi connectivity index (χ3v) is 0.865. The second-order valence-corrected chi connectivity index (χ2v) is 2.06. The quantitative estimate of drug-likeness (QED) is 0.213. The monoisotopic (exact) mass is 187 g/mol. The average molecular weight is 187 g/mol. The molecule has 0 heterocycles. The Morgan fingerprint density at radius 2 is 1.70 bits per heavy atom. The fraction of sp³-hybridized carbons (Fsp3) is 0. The van der Waals surface area contributed by atoms with E-state index in [-0.39, 0.29) is 69.2 Å². The van der Waals surface area contributed by atoms with Gasteiger partial charge in [0.1, 0.15) is 0 Å². The summed E-state index contributed by atoms with van der Waals surface area (Å²) in [6.45, 7) is 0. The van der Waals surface area contributed by atoms with Gasteiger partial charge in [-0.15, -0.1) is 18.1 Å². The molecule has 0 aromatic rings. The first-order chi connectivity index (χ1) is 3.72. The molecule has 0 atom stereocenters. The molecule has 0 aliphatic carbocycles. The summed E-state index contributed by atoms with van der Waals surface area (Å²) in [4.78, 5) is 0. The topological polar surface area (TPSA) is 47.6 Å². The first kappa shape index (κ1) is 17.4. The van der Waals surface area contributed by atoms with E-state index in [4.69, 9.17) is 10.5 Å². The Morgan fingerprint density at radius 3 is 1.70 bits per heavy atom. The van der Waals surface area contributed by atoms with E-state index in [1.165, 1.54) is 0 Å². The van der Waals surface area contributed by atoms with Crippen LogP contribution in [0.3, 0.4) is 0 Å². The van der Waals surface area contributed by atoms with Gasteiger partial charge in [-0.3, -0.25) is 0 Å². The van der Waals surface area contributed by atoms with E-state index in [1.54, 1.807) is 12.1 Å². The zero-order valence-corrected chi connectivity index (χ0v) is 11.5. The Morgan fingerprint density at radius 1 is 1.40 bits per heavy atom. The standard InChI is InChI=1S/C4HN2S2.2Na/c5-1-3(2-6)4(7)8;;/h(H,7,8);;/q-1;;+1. The van der Waals surface area contributed by atoms with Crippen LogP contribution in [-0.4, -0.2) is 33.8 Å². The third-order valence-electron chi connectivity index (χ3n) is 0.437. The smallest absolute Gasteiger partial charge is 0.233 e. The van der Waals surface area contributed by atoms with Crippen molar-refractivity contribution in [3.05, 3.63) is 5.92 Å². The second kappa shape index (κ2) is 10.3. The molecule has 0 aromatic carbocycles. The summed E-state index contributed by atoms with van der Waals surface area (Å²) < 4.78 is 0.0509. The van der Waals surface area contributed by atoms with Gasteiger partial charge in [0.2, 0.25) is 0 Å². The van der Waals surface area contributed by atoms with Crippen molar-refractivity contribution >= 4 is 58.6 Å². The van der Waals surface area contributed by atoms with Crippen LogP contribution in [0.4, 0.5) is 0 Å². The SMILES string of the molecule is N#C[C-](C#N)C(=S)S.[Na+].[Na]. The van der Waals surface area contributed by atoms with E-state index in [1.807, 2.05) is 0 Å². The molecule has 0 amide bonds. The van der Waals surface area contributed by atoms with E-state index in [9.17, 15) is 0 Å². The van der Waals surface area contributed by atoms with Gasteiger partial charge in [-0.1, -0.05) is 16.3 Å². The molecule has 1 radical (unpaired) electrons. The minimum absolute atomic E-state index is 0. The molecular weight excluding hydrogens is 186 g/mol. The van der Waals surface area contributed by atoms with Crippen molar-refractivity contribution < 1.29 is 29.6 Å². The Bertz CT molecular complexity index is 167. The van der Waals surface area contributed by atoms with Gasteiger partial charge in [0, 0.05) is 29.6 Å². The number of hydrogen-bond acceptors (Lipinski definition) is 3. The number of nitriles is 2. The van der Waals surface area contributed by atoms with E-state index in [2.05, 4.69) is 24.8 Å². The summed E-state index contributed by atoms with van der Waals surface area (Å²) in [6, 6.07) is 3.18. The maximum atomic E-state index is 8.05. The predicted molar refractivity (Wildman–Crippen MR) is 41.8 cm³/mol. The fourth-order valence-electron chi connectivity index (χ4n) is 0.121. The van der Waals surface area contributed by atoms with Crippen molar-refractivity contribution in [2.24, 2.45) is 0 Å². The fourth-order valence-corrected chi connectivity index (χ4v) is 0.312. The van der Waals surface area contributed by atoms with E-state index < -0.39 is 0 Å². The Kier molecular flexibility index (Phi) is 17.9. The predicted octanol–water partition coefficient (Wildman–Crippen LogP) is -2.51. The molecule has 0 unspecified atom stereocenters. The van der Waals surface area contributed by atoms with Gasteiger partial charge >= 0.3 is 29.6 Å². The van der Waals surface area contributed by atoms with E-state index in [0.717, 1.165) is 0 Å². The maximum absolute atomic E-state index is 8.05. The third kappa shape index (κ3) is 7.40. The number of nitrogens with zero attached hydrogens (tertiary/aromatic N) is 2. The summed E-state index contributed by atoms with van der Waals surface area (Å²) in [5.41, 5.74) is 0. The zero-order valence-electron chi connectivity index (χ0n) is 5.75. The Hall–Kier alpha value is 1.29. The van der Waals surface area contributed by atoms with Gasteiger partial charge in [-0.05, 0) is 0 Å². The molecule has 0 saturated heterocycles. The number of hydrogen-bond donors (Lipinski definition) is 1. The van der Waals surface area contributed by atoms with Crippen molar-refractivity contribution in [1.82, 2.24) is 0 Å². The van der Waals surface area contributed by atoms with E-state index in [0.29, 0.717) is 0 Å². The molecule has 2 nitrogen and oxygen atoms in total. The van der Waals surface area contributed by atoms with Crippen molar-refractivity contribution in [1.29, 1.82) is 10.5 Å². The van der Waals surface area contributed by atoms with Crippen LogP contribution < -0.4 is 29.6 Å². The number of rotatable bonds is 1. The molecular formula is C4HN2Na2S2. The van der Waals surface area contributed by atoms with Crippen molar-refractivity contribution in [2.45, 2.75) is 0 Å². The Labute approximate surface area is 115 Å². The largest absolute Gasteiger partial charge is 1.00 e. The Balaban J connectivity index is -0.000000245. The van der Waals surface area contributed by atoms with Crippen molar-refractivity contribution in [2.75, 3.05) is 0 Å². The minimum atomic E-state index is -0.108. The molecule has 6 heteroatoms. The molecule has 41 valence electrons. The molecule has 10 heavy (non-hydrogen) atoms. The average Bonchev–Trinajstić information content (AvgIpc) is 1.69. The molecule has 0 aliphatic rings. The maximum Gasteiger partial charge on any atom is 1.00 e. The summed E-state index contributed by atoms with van der Waals surface area (Å²) in [7, 11) is 0. The molecule has 0 N–H and O–H groups in total. The normalized spacial score (nSPS) is 5.10. The van der Waals surface area contributed by atoms with Gasteiger partial charge in [-0.25, -0.2) is 10.5 Å². The molecule has 0 fully saturated rings. The molecule has 0 aromatic heterocycles. The first-order valence-electron chi connectivity index (χ1n) is 1.62. The first-order valence-corrected chi connectivity index (χ1v) is 2.48. The van der Waals surface area contributed by atoms with Crippen LogP contribution >= 0.6 is 24.8 Å². The number of thiocarbonyl (C=S) groups is 1. The van der Waals surface area contributed by atoms with Gasteiger partial charge in [0.25, 0.3) is 0 Å². The van der Waals surface area contributed by atoms with Gasteiger partial charge in [0.05, 0.1) is 0 Å². The molecule has 0 bridgehead atoms. The van der Waals surface area contributed by atoms with Crippen LogP contribution in [-0.2, 0) is 0 Å². The molecule has 0 spiro atoms. The van der Waals surface area contributed by atoms with Crippen LogP contribution in [0.15, 0.2) is 0 Å². The molecule has 0 saturated carbocycles. The molecule has 0 aliphatic heterocycles. The summed E-state index contributed by atoms with van der Waals surface area (Å²) in [6.07, 6.45) is 0. The zero-order chi connectivity index (χ0) is 6.57.